The van der Waals surface area contributed by atoms with Crippen molar-refractivity contribution >= 4 is 24.1 Å². The monoisotopic (exact) mass is 445 g/mol. The van der Waals surface area contributed by atoms with Gasteiger partial charge in [-0.15, -0.1) is 12.4 Å². The third-order valence-electron chi connectivity index (χ3n) is 6.16. The Morgan fingerprint density at radius 3 is 2.74 bits per heavy atom. The van der Waals surface area contributed by atoms with Crippen molar-refractivity contribution in [3.63, 3.8) is 0 Å². The van der Waals surface area contributed by atoms with E-state index in [1.54, 1.807) is 18.3 Å². The molecule has 168 valence electrons. The number of hydrogen-bond donors (Lipinski definition) is 3. The standard InChI is InChI=1S/C23H31N5O2.ClH/c24-23(30)18-5-11-26-22(13-18)28(20-6-9-25-10-7-20)16-21(29)15-27-12-8-17-3-1-2-4-19(17)14-27;/h1-5,11,13,20-21,25,29H,6-10,12,14-16H2,(H2,24,30);1H/t21-;/m0./s1. The normalized spacial score (nSPS) is 18.0. The number of carbonyl (C=O) groups excluding carboxylic acids is 1. The average Bonchev–Trinajstić information content (AvgIpc) is 2.78. The molecule has 0 spiro atoms. The number of anilines is 1. The molecule has 0 saturated carbocycles. The van der Waals surface area contributed by atoms with Crippen LogP contribution in [0.25, 0.3) is 0 Å². The van der Waals surface area contributed by atoms with Crippen molar-refractivity contribution in [1.82, 2.24) is 15.2 Å². The number of nitrogens with two attached hydrogens (primary N) is 1. The summed E-state index contributed by atoms with van der Waals surface area (Å²) in [7, 11) is 0. The second-order valence-corrected chi connectivity index (χ2v) is 8.31. The number of benzene rings is 1. The molecular weight excluding hydrogens is 414 g/mol. The Morgan fingerprint density at radius 1 is 1.26 bits per heavy atom. The Kier molecular flexibility index (Phi) is 8.26. The molecule has 31 heavy (non-hydrogen) atoms. The van der Waals surface area contributed by atoms with E-state index in [1.807, 2.05) is 0 Å². The second-order valence-electron chi connectivity index (χ2n) is 8.31. The molecule has 2 aliphatic rings. The highest BCUT2D eigenvalue weighted by atomic mass is 35.5. The van der Waals surface area contributed by atoms with Gasteiger partial charge in [0.25, 0.3) is 0 Å². The van der Waals surface area contributed by atoms with Crippen LogP contribution >= 0.6 is 12.4 Å². The molecular formula is C23H32ClN5O2. The SMILES string of the molecule is Cl.NC(=O)c1ccnc(N(C[C@@H](O)CN2CCc3ccccc3C2)C2CCNCC2)c1. The van der Waals surface area contributed by atoms with Gasteiger partial charge in [-0.2, -0.15) is 0 Å². The van der Waals surface area contributed by atoms with Gasteiger partial charge in [0.15, 0.2) is 0 Å². The van der Waals surface area contributed by atoms with Crippen molar-refractivity contribution in [2.75, 3.05) is 37.6 Å². The zero-order valence-corrected chi connectivity index (χ0v) is 18.6. The number of aliphatic hydroxyl groups is 1. The number of rotatable bonds is 7. The van der Waals surface area contributed by atoms with Crippen LogP contribution in [0.5, 0.6) is 0 Å². The van der Waals surface area contributed by atoms with Crippen LogP contribution in [0.2, 0.25) is 0 Å². The van der Waals surface area contributed by atoms with Crippen LogP contribution < -0.4 is 16.0 Å². The van der Waals surface area contributed by atoms with Gasteiger partial charge in [0, 0.05) is 44.0 Å². The first kappa shape index (κ1) is 23.5. The van der Waals surface area contributed by atoms with E-state index in [9.17, 15) is 9.90 Å². The lowest BCUT2D eigenvalue weighted by Gasteiger charge is -2.38. The summed E-state index contributed by atoms with van der Waals surface area (Å²) in [5.41, 5.74) is 8.68. The van der Waals surface area contributed by atoms with Crippen molar-refractivity contribution in [1.29, 1.82) is 0 Å². The Bertz CT molecular complexity index is 875. The van der Waals surface area contributed by atoms with Crippen LogP contribution in [0.3, 0.4) is 0 Å². The van der Waals surface area contributed by atoms with Crippen molar-refractivity contribution in [3.8, 4) is 0 Å². The summed E-state index contributed by atoms with van der Waals surface area (Å²) in [5, 5.41) is 14.4. The summed E-state index contributed by atoms with van der Waals surface area (Å²) < 4.78 is 0. The minimum absolute atomic E-state index is 0. The number of fused-ring (bicyclic) bond motifs is 1. The molecule has 1 fully saturated rings. The van der Waals surface area contributed by atoms with Gasteiger partial charge in [-0.25, -0.2) is 4.98 Å². The number of nitrogens with one attached hydrogen (secondary N) is 1. The second kappa shape index (κ2) is 10.9. The Hall–Kier alpha value is -2.19. The molecule has 4 rings (SSSR count). The third kappa shape index (κ3) is 5.95. The van der Waals surface area contributed by atoms with Gasteiger partial charge in [0.05, 0.1) is 6.10 Å². The zero-order valence-electron chi connectivity index (χ0n) is 17.7. The fourth-order valence-corrected chi connectivity index (χ4v) is 4.57. The number of amides is 1. The minimum Gasteiger partial charge on any atom is -0.390 e. The van der Waals surface area contributed by atoms with E-state index in [2.05, 4.69) is 44.4 Å². The maximum Gasteiger partial charge on any atom is 0.248 e. The molecule has 1 aromatic heterocycles. The maximum absolute atomic E-state index is 11.6. The van der Waals surface area contributed by atoms with Crippen LogP contribution in [0.1, 0.15) is 34.3 Å². The minimum atomic E-state index is -0.510. The summed E-state index contributed by atoms with van der Waals surface area (Å²) in [5.74, 6) is 0.248. The summed E-state index contributed by atoms with van der Waals surface area (Å²) in [6.45, 7) is 4.81. The fourth-order valence-electron chi connectivity index (χ4n) is 4.57. The Balaban J connectivity index is 0.00000272. The van der Waals surface area contributed by atoms with Crippen molar-refractivity contribution < 1.29 is 9.90 Å². The van der Waals surface area contributed by atoms with Gasteiger partial charge in [-0.05, 0) is 55.6 Å². The third-order valence-corrected chi connectivity index (χ3v) is 6.16. The quantitative estimate of drug-likeness (QED) is 0.599. The number of pyridine rings is 1. The number of primary amides is 1. The number of piperidine rings is 1. The van der Waals surface area contributed by atoms with Crippen molar-refractivity contribution in [2.24, 2.45) is 5.73 Å². The molecule has 1 atom stereocenters. The summed E-state index contributed by atoms with van der Waals surface area (Å²) >= 11 is 0. The van der Waals surface area contributed by atoms with Crippen molar-refractivity contribution in [2.45, 2.75) is 38.0 Å². The molecule has 0 radical (unpaired) electrons. The molecule has 1 saturated heterocycles. The van der Waals surface area contributed by atoms with Crippen LogP contribution in [-0.4, -0.2) is 65.8 Å². The van der Waals surface area contributed by atoms with E-state index < -0.39 is 12.0 Å². The van der Waals surface area contributed by atoms with Gasteiger partial charge >= 0.3 is 0 Å². The maximum atomic E-state index is 11.6. The topological polar surface area (TPSA) is 94.7 Å². The number of nitrogens with zero attached hydrogens (tertiary/aromatic N) is 3. The lowest BCUT2D eigenvalue weighted by molar-refractivity contribution is 0.1000. The molecule has 2 aliphatic heterocycles. The van der Waals surface area contributed by atoms with E-state index in [-0.39, 0.29) is 18.4 Å². The van der Waals surface area contributed by atoms with E-state index in [0.29, 0.717) is 24.5 Å². The molecule has 1 amide bonds. The Labute approximate surface area is 190 Å². The molecule has 3 heterocycles. The molecule has 7 nitrogen and oxygen atoms in total. The highest BCUT2D eigenvalue weighted by Gasteiger charge is 2.26. The van der Waals surface area contributed by atoms with Crippen LogP contribution in [-0.2, 0) is 13.0 Å². The highest BCUT2D eigenvalue weighted by Crippen LogP contribution is 2.23. The number of hydrogen-bond acceptors (Lipinski definition) is 6. The first-order chi connectivity index (χ1) is 14.6. The molecule has 0 unspecified atom stereocenters. The zero-order chi connectivity index (χ0) is 20.9. The van der Waals surface area contributed by atoms with Gasteiger partial charge in [-0.1, -0.05) is 24.3 Å². The number of β-amino-alcohol motifs (C(OH)–C–C–N with tert-alkyl or cyclic N) is 1. The molecule has 8 heteroatoms. The first-order valence-electron chi connectivity index (χ1n) is 10.8. The van der Waals surface area contributed by atoms with E-state index in [1.165, 1.54) is 11.1 Å². The number of carbonyl (C=O) groups is 1. The molecule has 0 aliphatic carbocycles. The van der Waals surface area contributed by atoms with Crippen LogP contribution in [0.15, 0.2) is 42.6 Å². The highest BCUT2D eigenvalue weighted by molar-refractivity contribution is 5.93. The van der Waals surface area contributed by atoms with E-state index >= 15 is 0 Å². The van der Waals surface area contributed by atoms with Crippen molar-refractivity contribution in [3.05, 3.63) is 59.3 Å². The van der Waals surface area contributed by atoms with Gasteiger partial charge < -0.3 is 21.1 Å². The first-order valence-corrected chi connectivity index (χ1v) is 10.8. The van der Waals surface area contributed by atoms with E-state index in [0.717, 1.165) is 45.4 Å². The number of aromatic nitrogens is 1. The van der Waals surface area contributed by atoms with Crippen LogP contribution in [0.4, 0.5) is 5.82 Å². The number of halogens is 1. The number of aliphatic hydroxyl groups excluding tert-OH is 1. The van der Waals surface area contributed by atoms with Crippen LogP contribution in [0, 0.1) is 0 Å². The van der Waals surface area contributed by atoms with Gasteiger partial charge in [0.2, 0.25) is 5.91 Å². The molecule has 2 aromatic rings. The molecule has 0 bridgehead atoms. The predicted molar refractivity (Wildman–Crippen MR) is 125 cm³/mol. The summed E-state index contributed by atoms with van der Waals surface area (Å²) in [4.78, 5) is 20.6. The lowest BCUT2D eigenvalue weighted by Crippen LogP contribution is -2.49. The fraction of sp³-hybridized carbons (Fsp3) is 0.478. The smallest absolute Gasteiger partial charge is 0.248 e. The molecule has 1 aromatic carbocycles. The Morgan fingerprint density at radius 2 is 2.00 bits per heavy atom. The average molecular weight is 446 g/mol. The summed E-state index contributed by atoms with van der Waals surface area (Å²) in [6, 6.07) is 12.2. The van der Waals surface area contributed by atoms with E-state index in [4.69, 9.17) is 5.73 Å². The summed E-state index contributed by atoms with van der Waals surface area (Å²) in [6.07, 6.45) is 4.09. The largest absolute Gasteiger partial charge is 0.390 e. The predicted octanol–water partition coefficient (Wildman–Crippen LogP) is 1.58. The van der Waals surface area contributed by atoms with Gasteiger partial charge in [0.1, 0.15) is 5.82 Å². The molecule has 4 N–H and O–H groups in total. The van der Waals surface area contributed by atoms with Gasteiger partial charge in [-0.3, -0.25) is 9.69 Å². The lowest BCUT2D eigenvalue weighted by atomic mass is 9.99.